The predicted octanol–water partition coefficient (Wildman–Crippen LogP) is 3.80. The van der Waals surface area contributed by atoms with Gasteiger partial charge in [0.25, 0.3) is 0 Å². The lowest BCUT2D eigenvalue weighted by molar-refractivity contribution is 0.194. The first-order chi connectivity index (χ1) is 9.42. The molecular formula is C16H27N3S. The molecule has 2 heterocycles. The monoisotopic (exact) mass is 293 g/mol. The number of amidine groups is 1. The number of hydrogen-bond donors (Lipinski definition) is 2. The maximum atomic E-state index is 7.59. The highest BCUT2D eigenvalue weighted by molar-refractivity contribution is 7.10. The van der Waals surface area contributed by atoms with Crippen molar-refractivity contribution in [1.29, 1.82) is 5.41 Å². The smallest absolute Gasteiger partial charge is 0.0963 e. The fourth-order valence-corrected chi connectivity index (χ4v) is 3.85. The zero-order valence-electron chi connectivity index (χ0n) is 12.9. The summed E-state index contributed by atoms with van der Waals surface area (Å²) in [5.74, 6) is 0.312. The van der Waals surface area contributed by atoms with Crippen molar-refractivity contribution in [3.8, 4) is 0 Å². The van der Waals surface area contributed by atoms with E-state index in [9.17, 15) is 0 Å². The van der Waals surface area contributed by atoms with Crippen molar-refractivity contribution in [3.63, 3.8) is 0 Å². The molecule has 112 valence electrons. The Morgan fingerprint density at radius 2 is 2.25 bits per heavy atom. The molecule has 1 atom stereocenters. The third-order valence-electron chi connectivity index (χ3n) is 4.63. The van der Waals surface area contributed by atoms with Gasteiger partial charge in [0.2, 0.25) is 0 Å². The van der Waals surface area contributed by atoms with Crippen molar-refractivity contribution in [2.24, 2.45) is 11.1 Å². The summed E-state index contributed by atoms with van der Waals surface area (Å²) >= 11 is 1.90. The van der Waals surface area contributed by atoms with E-state index in [0.29, 0.717) is 11.9 Å². The quantitative estimate of drug-likeness (QED) is 0.476. The normalized spacial score (nSPS) is 19.9. The zero-order valence-corrected chi connectivity index (χ0v) is 13.7. The molecule has 0 fully saturated rings. The van der Waals surface area contributed by atoms with Crippen molar-refractivity contribution in [2.75, 3.05) is 13.1 Å². The molecule has 0 spiro atoms. The van der Waals surface area contributed by atoms with Gasteiger partial charge >= 0.3 is 0 Å². The highest BCUT2D eigenvalue weighted by Gasteiger charge is 2.25. The number of nitrogens with two attached hydrogens (primary N) is 1. The Hall–Kier alpha value is -0.870. The lowest BCUT2D eigenvalue weighted by Gasteiger charge is -2.33. The Morgan fingerprint density at radius 3 is 2.95 bits per heavy atom. The lowest BCUT2D eigenvalue weighted by Crippen LogP contribution is -2.34. The molecule has 1 aliphatic rings. The van der Waals surface area contributed by atoms with E-state index >= 15 is 0 Å². The number of hydrogen-bond acceptors (Lipinski definition) is 3. The summed E-state index contributed by atoms with van der Waals surface area (Å²) in [6.45, 7) is 8.80. The number of rotatable bonds is 6. The number of fused-ring (bicyclic) bond motifs is 1. The fraction of sp³-hybridized carbons (Fsp3) is 0.688. The van der Waals surface area contributed by atoms with Crippen molar-refractivity contribution in [3.05, 3.63) is 21.9 Å². The number of unbranched alkanes of at least 4 members (excludes halogenated alkanes) is 1. The van der Waals surface area contributed by atoms with Crippen molar-refractivity contribution >= 4 is 17.2 Å². The summed E-state index contributed by atoms with van der Waals surface area (Å²) in [6, 6.07) is 2.85. The van der Waals surface area contributed by atoms with Crippen LogP contribution >= 0.6 is 11.3 Å². The molecule has 0 amide bonds. The molecule has 0 saturated carbocycles. The Morgan fingerprint density at radius 1 is 1.50 bits per heavy atom. The molecule has 4 heteroatoms. The summed E-state index contributed by atoms with van der Waals surface area (Å²) < 4.78 is 0. The van der Waals surface area contributed by atoms with E-state index in [-0.39, 0.29) is 5.41 Å². The van der Waals surface area contributed by atoms with Crippen LogP contribution in [0.3, 0.4) is 0 Å². The minimum Gasteiger partial charge on any atom is -0.387 e. The summed E-state index contributed by atoms with van der Waals surface area (Å²) in [5.41, 5.74) is 7.02. The number of nitrogens with one attached hydrogen (secondary N) is 1. The maximum absolute atomic E-state index is 7.59. The SMILES string of the molecule is CC1c2ccsc2CCN1CCCCC(C)(C)C(=N)N. The minimum atomic E-state index is -0.145. The summed E-state index contributed by atoms with van der Waals surface area (Å²) in [4.78, 5) is 4.17. The first kappa shape index (κ1) is 15.5. The Labute approximate surface area is 126 Å². The van der Waals surface area contributed by atoms with Crippen LogP contribution in [-0.2, 0) is 6.42 Å². The third kappa shape index (κ3) is 3.41. The molecule has 0 bridgehead atoms. The molecule has 20 heavy (non-hydrogen) atoms. The largest absolute Gasteiger partial charge is 0.387 e. The van der Waals surface area contributed by atoms with Crippen LogP contribution in [0, 0.1) is 10.8 Å². The predicted molar refractivity (Wildman–Crippen MR) is 87.6 cm³/mol. The average molecular weight is 293 g/mol. The molecule has 0 aliphatic carbocycles. The van der Waals surface area contributed by atoms with Crippen LogP contribution in [0.1, 0.15) is 56.5 Å². The topological polar surface area (TPSA) is 53.1 Å². The highest BCUT2D eigenvalue weighted by atomic mass is 32.1. The van der Waals surface area contributed by atoms with E-state index in [1.165, 1.54) is 24.9 Å². The van der Waals surface area contributed by atoms with E-state index in [0.717, 1.165) is 19.4 Å². The molecule has 1 aromatic heterocycles. The molecule has 1 aromatic rings. The van der Waals surface area contributed by atoms with Crippen LogP contribution in [0.15, 0.2) is 11.4 Å². The van der Waals surface area contributed by atoms with E-state index in [2.05, 4.69) is 37.1 Å². The van der Waals surface area contributed by atoms with Crippen molar-refractivity contribution < 1.29 is 0 Å². The van der Waals surface area contributed by atoms with Gasteiger partial charge < -0.3 is 5.73 Å². The van der Waals surface area contributed by atoms with Gasteiger partial charge in [-0.1, -0.05) is 20.3 Å². The van der Waals surface area contributed by atoms with Gasteiger partial charge in [-0.05, 0) is 49.7 Å². The second-order valence-electron chi connectivity index (χ2n) is 6.52. The van der Waals surface area contributed by atoms with Crippen LogP contribution in [-0.4, -0.2) is 23.8 Å². The van der Waals surface area contributed by atoms with E-state index in [1.807, 2.05) is 11.3 Å². The fourth-order valence-electron chi connectivity index (χ4n) is 2.88. The summed E-state index contributed by atoms with van der Waals surface area (Å²) in [7, 11) is 0. The van der Waals surface area contributed by atoms with Crippen LogP contribution in [0.4, 0.5) is 0 Å². The molecule has 0 radical (unpaired) electrons. The Balaban J connectivity index is 1.77. The lowest BCUT2D eigenvalue weighted by atomic mass is 9.86. The van der Waals surface area contributed by atoms with Crippen molar-refractivity contribution in [1.82, 2.24) is 4.90 Å². The minimum absolute atomic E-state index is 0.145. The van der Waals surface area contributed by atoms with Gasteiger partial charge in [-0.3, -0.25) is 10.3 Å². The van der Waals surface area contributed by atoms with Crippen LogP contribution in [0.5, 0.6) is 0 Å². The highest BCUT2D eigenvalue weighted by Crippen LogP contribution is 2.33. The molecule has 1 aliphatic heterocycles. The Bertz CT molecular complexity index is 464. The van der Waals surface area contributed by atoms with E-state index in [1.54, 1.807) is 4.88 Å². The first-order valence-electron chi connectivity index (χ1n) is 7.56. The zero-order chi connectivity index (χ0) is 14.8. The number of nitrogens with zero attached hydrogens (tertiary/aromatic N) is 1. The molecule has 3 N–H and O–H groups in total. The molecule has 3 nitrogen and oxygen atoms in total. The molecule has 0 saturated heterocycles. The van der Waals surface area contributed by atoms with Crippen LogP contribution < -0.4 is 5.73 Å². The van der Waals surface area contributed by atoms with Gasteiger partial charge in [0.1, 0.15) is 0 Å². The van der Waals surface area contributed by atoms with Crippen molar-refractivity contribution in [2.45, 2.75) is 52.5 Å². The molecule has 2 rings (SSSR count). The standard InChI is InChI=1S/C16H27N3S/c1-12-13-7-11-20-14(13)6-10-19(12)9-5-4-8-16(2,3)15(17)18/h7,11-12H,4-6,8-10H2,1-3H3,(H3,17,18). The average Bonchev–Trinajstić information content (AvgIpc) is 2.85. The summed E-state index contributed by atoms with van der Waals surface area (Å²) in [6.07, 6.45) is 4.55. The van der Waals surface area contributed by atoms with Gasteiger partial charge in [0.15, 0.2) is 0 Å². The molecule has 0 aromatic carbocycles. The van der Waals surface area contributed by atoms with E-state index in [4.69, 9.17) is 11.1 Å². The second-order valence-corrected chi connectivity index (χ2v) is 7.52. The molecule has 1 unspecified atom stereocenters. The van der Waals surface area contributed by atoms with Crippen LogP contribution in [0.25, 0.3) is 0 Å². The van der Waals surface area contributed by atoms with Gasteiger partial charge in [-0.25, -0.2) is 0 Å². The Kier molecular flexibility index (Phi) is 4.86. The second kappa shape index (κ2) is 6.27. The first-order valence-corrected chi connectivity index (χ1v) is 8.44. The van der Waals surface area contributed by atoms with Crippen LogP contribution in [0.2, 0.25) is 0 Å². The van der Waals surface area contributed by atoms with Gasteiger partial charge in [0, 0.05) is 22.9 Å². The van der Waals surface area contributed by atoms with Gasteiger partial charge in [0.05, 0.1) is 5.84 Å². The van der Waals surface area contributed by atoms with Gasteiger partial charge in [-0.2, -0.15) is 0 Å². The molecular weight excluding hydrogens is 266 g/mol. The van der Waals surface area contributed by atoms with E-state index < -0.39 is 0 Å². The maximum Gasteiger partial charge on any atom is 0.0963 e. The summed E-state index contributed by atoms with van der Waals surface area (Å²) in [5, 5.41) is 9.81. The number of thiophene rings is 1. The van der Waals surface area contributed by atoms with Gasteiger partial charge in [-0.15, -0.1) is 11.3 Å². The third-order valence-corrected chi connectivity index (χ3v) is 5.63.